The van der Waals surface area contributed by atoms with Gasteiger partial charge in [0.15, 0.2) is 0 Å². The molecule has 0 heterocycles. The van der Waals surface area contributed by atoms with Crippen LogP contribution in [0.2, 0.25) is 0 Å². The minimum atomic E-state index is -0.254. The Hall–Kier alpha value is -2.03. The standard InChI is InChI=1S/C22H28O3/c1-4-11-24-20-8-5-17(6-9-20)7-10-22(23)25-14-19-12-18-13-21(19)16(3)15(18)2/h4-10,15-16,18-19,21H,1,11-14H2,2-3H3. The van der Waals surface area contributed by atoms with Crippen LogP contribution in [-0.2, 0) is 9.53 Å². The zero-order valence-corrected chi connectivity index (χ0v) is 15.2. The molecule has 0 spiro atoms. The Kier molecular flexibility index (Phi) is 5.62. The third kappa shape index (κ3) is 4.15. The average Bonchev–Trinajstić information content (AvgIpc) is 3.17. The molecule has 3 heteroatoms. The summed E-state index contributed by atoms with van der Waals surface area (Å²) < 4.78 is 10.9. The second kappa shape index (κ2) is 7.90. The summed E-state index contributed by atoms with van der Waals surface area (Å²) >= 11 is 0. The van der Waals surface area contributed by atoms with Gasteiger partial charge in [-0.1, -0.05) is 38.6 Å². The van der Waals surface area contributed by atoms with Crippen LogP contribution in [0.4, 0.5) is 0 Å². The number of ether oxygens (including phenoxy) is 2. The van der Waals surface area contributed by atoms with Crippen LogP contribution in [0, 0.1) is 29.6 Å². The van der Waals surface area contributed by atoms with Gasteiger partial charge in [-0.05, 0) is 66.2 Å². The smallest absolute Gasteiger partial charge is 0.330 e. The van der Waals surface area contributed by atoms with Crippen LogP contribution in [0.15, 0.2) is 43.0 Å². The normalized spacial score (nSPS) is 30.6. The fourth-order valence-electron chi connectivity index (χ4n) is 4.52. The summed E-state index contributed by atoms with van der Waals surface area (Å²) in [5.74, 6) is 4.25. The van der Waals surface area contributed by atoms with Crippen LogP contribution in [0.1, 0.15) is 32.3 Å². The first-order valence-electron chi connectivity index (χ1n) is 9.27. The zero-order chi connectivity index (χ0) is 17.8. The Morgan fingerprint density at radius 3 is 2.60 bits per heavy atom. The van der Waals surface area contributed by atoms with Gasteiger partial charge in [-0.15, -0.1) is 0 Å². The van der Waals surface area contributed by atoms with E-state index in [9.17, 15) is 4.79 Å². The molecule has 3 rings (SSSR count). The van der Waals surface area contributed by atoms with Gasteiger partial charge in [-0.2, -0.15) is 0 Å². The summed E-state index contributed by atoms with van der Waals surface area (Å²) in [6.07, 6.45) is 7.55. The maximum absolute atomic E-state index is 12.0. The minimum absolute atomic E-state index is 0.254. The molecule has 25 heavy (non-hydrogen) atoms. The lowest BCUT2D eigenvalue weighted by atomic mass is 9.76. The first kappa shape index (κ1) is 17.8. The molecule has 2 saturated carbocycles. The molecule has 2 aliphatic carbocycles. The predicted molar refractivity (Wildman–Crippen MR) is 100 cm³/mol. The minimum Gasteiger partial charge on any atom is -0.490 e. The van der Waals surface area contributed by atoms with Gasteiger partial charge in [0.1, 0.15) is 12.4 Å². The zero-order valence-electron chi connectivity index (χ0n) is 15.2. The van der Waals surface area contributed by atoms with Crippen molar-refractivity contribution >= 4 is 12.0 Å². The lowest BCUT2D eigenvalue weighted by Crippen LogP contribution is -2.28. The molecular formula is C22H28O3. The highest BCUT2D eigenvalue weighted by molar-refractivity contribution is 5.87. The molecule has 5 atom stereocenters. The van der Waals surface area contributed by atoms with E-state index in [0.717, 1.165) is 35.0 Å². The van der Waals surface area contributed by atoms with Crippen molar-refractivity contribution in [3.05, 3.63) is 48.6 Å². The van der Waals surface area contributed by atoms with Gasteiger partial charge in [0.2, 0.25) is 0 Å². The SMILES string of the molecule is C=CCOc1ccc(C=CC(=O)OCC2CC3CC2C(C)C3C)cc1. The third-order valence-corrected chi connectivity index (χ3v) is 6.13. The van der Waals surface area contributed by atoms with Gasteiger partial charge in [0, 0.05) is 6.08 Å². The Bertz CT molecular complexity index is 629. The monoisotopic (exact) mass is 340 g/mol. The van der Waals surface area contributed by atoms with Gasteiger partial charge in [0.25, 0.3) is 0 Å². The van der Waals surface area contributed by atoms with E-state index in [1.54, 1.807) is 12.2 Å². The van der Waals surface area contributed by atoms with E-state index in [0.29, 0.717) is 19.1 Å². The molecule has 2 aliphatic rings. The largest absolute Gasteiger partial charge is 0.490 e. The predicted octanol–water partition coefficient (Wildman–Crippen LogP) is 4.74. The average molecular weight is 340 g/mol. The highest BCUT2D eigenvalue weighted by Crippen LogP contribution is 2.54. The molecule has 1 aromatic rings. The summed E-state index contributed by atoms with van der Waals surface area (Å²) in [5.41, 5.74) is 0.949. The van der Waals surface area contributed by atoms with Crippen molar-refractivity contribution in [2.75, 3.05) is 13.2 Å². The lowest BCUT2D eigenvalue weighted by Gasteiger charge is -2.31. The van der Waals surface area contributed by atoms with Crippen LogP contribution < -0.4 is 4.74 Å². The first-order chi connectivity index (χ1) is 12.1. The van der Waals surface area contributed by atoms with E-state index in [4.69, 9.17) is 9.47 Å². The summed E-state index contributed by atoms with van der Waals surface area (Å²) in [6, 6.07) is 7.60. The third-order valence-electron chi connectivity index (χ3n) is 6.13. The second-order valence-corrected chi connectivity index (χ2v) is 7.51. The topological polar surface area (TPSA) is 35.5 Å². The van der Waals surface area contributed by atoms with Crippen LogP contribution >= 0.6 is 0 Å². The van der Waals surface area contributed by atoms with Gasteiger partial charge in [-0.25, -0.2) is 4.79 Å². The van der Waals surface area contributed by atoms with Crippen LogP contribution in [0.3, 0.4) is 0 Å². The number of esters is 1. The molecule has 0 aromatic heterocycles. The number of rotatable bonds is 7. The van der Waals surface area contributed by atoms with E-state index in [1.807, 2.05) is 24.3 Å². The van der Waals surface area contributed by atoms with Gasteiger partial charge >= 0.3 is 5.97 Å². The number of benzene rings is 1. The molecule has 0 saturated heterocycles. The molecule has 3 nitrogen and oxygen atoms in total. The molecule has 134 valence electrons. The lowest BCUT2D eigenvalue weighted by molar-refractivity contribution is -0.139. The fraction of sp³-hybridized carbons (Fsp3) is 0.500. The van der Waals surface area contributed by atoms with E-state index in [1.165, 1.54) is 18.9 Å². The van der Waals surface area contributed by atoms with E-state index in [2.05, 4.69) is 20.4 Å². The summed E-state index contributed by atoms with van der Waals surface area (Å²) in [4.78, 5) is 12.0. The molecule has 0 N–H and O–H groups in total. The number of carbonyl (C=O) groups excluding carboxylic acids is 1. The Morgan fingerprint density at radius 1 is 1.20 bits per heavy atom. The van der Waals surface area contributed by atoms with Crippen molar-refractivity contribution in [2.24, 2.45) is 29.6 Å². The molecule has 2 fully saturated rings. The van der Waals surface area contributed by atoms with E-state index < -0.39 is 0 Å². The van der Waals surface area contributed by atoms with Crippen molar-refractivity contribution in [1.82, 2.24) is 0 Å². The van der Waals surface area contributed by atoms with Crippen molar-refractivity contribution in [3.8, 4) is 5.75 Å². The molecule has 0 amide bonds. The quantitative estimate of drug-likeness (QED) is 0.409. The first-order valence-corrected chi connectivity index (χ1v) is 9.27. The molecular weight excluding hydrogens is 312 g/mol. The maximum atomic E-state index is 12.0. The molecule has 5 unspecified atom stereocenters. The van der Waals surface area contributed by atoms with Crippen LogP contribution in [0.25, 0.3) is 6.08 Å². The van der Waals surface area contributed by atoms with Crippen molar-refractivity contribution in [3.63, 3.8) is 0 Å². The molecule has 0 radical (unpaired) electrons. The Labute approximate surface area is 150 Å². The number of hydrogen-bond acceptors (Lipinski definition) is 3. The maximum Gasteiger partial charge on any atom is 0.330 e. The Morgan fingerprint density at radius 2 is 1.96 bits per heavy atom. The van der Waals surface area contributed by atoms with Crippen LogP contribution in [-0.4, -0.2) is 19.2 Å². The van der Waals surface area contributed by atoms with Crippen LogP contribution in [0.5, 0.6) is 5.75 Å². The molecule has 2 bridgehead atoms. The van der Waals surface area contributed by atoms with E-state index >= 15 is 0 Å². The highest BCUT2D eigenvalue weighted by Gasteiger charge is 2.48. The summed E-state index contributed by atoms with van der Waals surface area (Å²) in [6.45, 7) is 9.40. The van der Waals surface area contributed by atoms with Gasteiger partial charge in [-0.3, -0.25) is 0 Å². The van der Waals surface area contributed by atoms with Crippen molar-refractivity contribution in [2.45, 2.75) is 26.7 Å². The van der Waals surface area contributed by atoms with Crippen molar-refractivity contribution in [1.29, 1.82) is 0 Å². The van der Waals surface area contributed by atoms with E-state index in [-0.39, 0.29) is 5.97 Å². The number of hydrogen-bond donors (Lipinski definition) is 0. The van der Waals surface area contributed by atoms with Gasteiger partial charge in [0.05, 0.1) is 6.61 Å². The fourth-order valence-corrected chi connectivity index (χ4v) is 4.52. The number of fused-ring (bicyclic) bond motifs is 2. The van der Waals surface area contributed by atoms with Crippen molar-refractivity contribution < 1.29 is 14.3 Å². The number of carbonyl (C=O) groups is 1. The summed E-state index contributed by atoms with van der Waals surface area (Å²) in [5, 5.41) is 0. The molecule has 0 aliphatic heterocycles. The van der Waals surface area contributed by atoms with Gasteiger partial charge < -0.3 is 9.47 Å². The second-order valence-electron chi connectivity index (χ2n) is 7.51. The highest BCUT2D eigenvalue weighted by atomic mass is 16.5. The Balaban J connectivity index is 1.45. The molecule has 1 aromatic carbocycles. The summed E-state index contributed by atoms with van der Waals surface area (Å²) in [7, 11) is 0.